The zero-order valence-electron chi connectivity index (χ0n) is 12.0. The largest absolute Gasteiger partial charge is 0.493 e. The maximum atomic E-state index is 6.80. The van der Waals surface area contributed by atoms with Gasteiger partial charge in [-0.25, -0.2) is 0 Å². The molecule has 0 bridgehead atoms. The average molecular weight is 299 g/mol. The molecule has 0 amide bonds. The Balaban J connectivity index is 1.65. The van der Waals surface area contributed by atoms with Crippen molar-refractivity contribution in [3.05, 3.63) is 64.7 Å². The van der Waals surface area contributed by atoms with E-state index in [0.717, 1.165) is 5.75 Å². The lowest BCUT2D eigenvalue weighted by Gasteiger charge is -2.21. The zero-order valence-corrected chi connectivity index (χ0v) is 12.8. The van der Waals surface area contributed by atoms with Crippen molar-refractivity contribution in [1.82, 2.24) is 0 Å². The molecule has 0 spiro atoms. The van der Waals surface area contributed by atoms with Crippen LogP contribution in [0.3, 0.4) is 0 Å². The van der Waals surface area contributed by atoms with Gasteiger partial charge in [0, 0.05) is 11.5 Å². The Morgan fingerprint density at radius 1 is 1.00 bits per heavy atom. The van der Waals surface area contributed by atoms with Crippen LogP contribution in [0.1, 0.15) is 46.4 Å². The normalized spacial score (nSPS) is 21.3. The van der Waals surface area contributed by atoms with Crippen LogP contribution in [0.15, 0.2) is 42.5 Å². The number of alkyl halides is 1. The molecule has 2 aliphatic rings. The van der Waals surface area contributed by atoms with Crippen molar-refractivity contribution in [3.8, 4) is 5.75 Å². The molecule has 1 heterocycles. The highest BCUT2D eigenvalue weighted by atomic mass is 35.5. The predicted molar refractivity (Wildman–Crippen MR) is 86.4 cm³/mol. The van der Waals surface area contributed by atoms with Crippen LogP contribution in [-0.4, -0.2) is 6.61 Å². The summed E-state index contributed by atoms with van der Waals surface area (Å²) in [6, 6.07) is 15.1. The van der Waals surface area contributed by atoms with Crippen LogP contribution >= 0.6 is 11.6 Å². The van der Waals surface area contributed by atoms with E-state index in [9.17, 15) is 0 Å². The van der Waals surface area contributed by atoms with E-state index in [2.05, 4.69) is 30.3 Å². The molecule has 0 saturated carbocycles. The number of rotatable bonds is 2. The van der Waals surface area contributed by atoms with Crippen molar-refractivity contribution >= 4 is 11.6 Å². The summed E-state index contributed by atoms with van der Waals surface area (Å²) in [5.74, 6) is 1.25. The minimum Gasteiger partial charge on any atom is -0.493 e. The van der Waals surface area contributed by atoms with Gasteiger partial charge in [-0.2, -0.15) is 0 Å². The predicted octanol–water partition coefficient (Wildman–Crippen LogP) is 5.02. The highest BCUT2D eigenvalue weighted by molar-refractivity contribution is 6.21. The molecule has 2 aromatic carbocycles. The highest BCUT2D eigenvalue weighted by Crippen LogP contribution is 2.44. The van der Waals surface area contributed by atoms with Crippen molar-refractivity contribution in [2.24, 2.45) is 0 Å². The Labute approximate surface area is 130 Å². The molecule has 2 heteroatoms. The number of para-hydroxylation sites is 1. The maximum Gasteiger partial charge on any atom is 0.122 e. The summed E-state index contributed by atoms with van der Waals surface area (Å²) < 4.78 is 5.78. The molecule has 0 saturated heterocycles. The summed E-state index contributed by atoms with van der Waals surface area (Å²) in [5, 5.41) is -0.0131. The van der Waals surface area contributed by atoms with Crippen LogP contribution in [0.4, 0.5) is 0 Å². The van der Waals surface area contributed by atoms with Gasteiger partial charge in [-0.05, 0) is 48.4 Å². The quantitative estimate of drug-likeness (QED) is 0.707. The number of fused-ring (bicyclic) bond motifs is 2. The second-order valence-electron chi connectivity index (χ2n) is 6.09. The van der Waals surface area contributed by atoms with Crippen molar-refractivity contribution in [3.63, 3.8) is 0 Å². The Morgan fingerprint density at radius 2 is 1.81 bits per heavy atom. The van der Waals surface area contributed by atoms with Crippen molar-refractivity contribution in [1.29, 1.82) is 0 Å². The van der Waals surface area contributed by atoms with Gasteiger partial charge in [0.15, 0.2) is 0 Å². The van der Waals surface area contributed by atoms with Gasteiger partial charge in [0.2, 0.25) is 0 Å². The first kappa shape index (κ1) is 13.2. The Hall–Kier alpha value is -1.47. The maximum absolute atomic E-state index is 6.80. The lowest BCUT2D eigenvalue weighted by atomic mass is 9.87. The molecule has 2 unspecified atom stereocenters. The second kappa shape index (κ2) is 5.38. The molecule has 21 heavy (non-hydrogen) atoms. The van der Waals surface area contributed by atoms with Crippen LogP contribution < -0.4 is 4.74 Å². The summed E-state index contributed by atoms with van der Waals surface area (Å²) in [4.78, 5) is 0. The van der Waals surface area contributed by atoms with E-state index in [0.29, 0.717) is 6.61 Å². The summed E-state index contributed by atoms with van der Waals surface area (Å²) >= 11 is 6.80. The molecular weight excluding hydrogens is 280 g/mol. The van der Waals surface area contributed by atoms with E-state index >= 15 is 0 Å². The van der Waals surface area contributed by atoms with Crippen LogP contribution in [-0.2, 0) is 12.8 Å². The molecule has 0 N–H and O–H groups in total. The SMILES string of the molecule is ClC(c1ccc2c(c1)CCCC2)C1COc2ccccc21. The monoisotopic (exact) mass is 298 g/mol. The Bertz CT molecular complexity index is 664. The summed E-state index contributed by atoms with van der Waals surface area (Å²) in [6.07, 6.45) is 5.04. The number of benzene rings is 2. The summed E-state index contributed by atoms with van der Waals surface area (Å²) in [5.41, 5.74) is 5.49. The number of ether oxygens (including phenoxy) is 1. The fraction of sp³-hybridized carbons (Fsp3) is 0.368. The summed E-state index contributed by atoms with van der Waals surface area (Å²) in [7, 11) is 0. The lowest BCUT2D eigenvalue weighted by Crippen LogP contribution is -2.10. The average Bonchev–Trinajstić information content (AvgIpc) is 2.98. The van der Waals surface area contributed by atoms with E-state index in [1.807, 2.05) is 12.1 Å². The van der Waals surface area contributed by atoms with E-state index in [-0.39, 0.29) is 11.3 Å². The third-order valence-electron chi connectivity index (χ3n) is 4.78. The van der Waals surface area contributed by atoms with Crippen LogP contribution in [0.5, 0.6) is 5.75 Å². The lowest BCUT2D eigenvalue weighted by molar-refractivity contribution is 0.328. The topological polar surface area (TPSA) is 9.23 Å². The molecule has 0 radical (unpaired) electrons. The van der Waals surface area contributed by atoms with E-state index in [4.69, 9.17) is 16.3 Å². The number of aryl methyl sites for hydroxylation is 2. The van der Waals surface area contributed by atoms with Gasteiger partial charge in [-0.3, -0.25) is 0 Å². The van der Waals surface area contributed by atoms with Gasteiger partial charge >= 0.3 is 0 Å². The van der Waals surface area contributed by atoms with Crippen LogP contribution in [0, 0.1) is 0 Å². The highest BCUT2D eigenvalue weighted by Gasteiger charge is 2.31. The van der Waals surface area contributed by atoms with Crippen molar-refractivity contribution in [2.45, 2.75) is 37.0 Å². The fourth-order valence-corrected chi connectivity index (χ4v) is 3.93. The van der Waals surface area contributed by atoms with E-state index in [1.165, 1.54) is 47.9 Å². The third-order valence-corrected chi connectivity index (χ3v) is 5.34. The Kier molecular flexibility index (Phi) is 3.39. The molecular formula is C19H19ClO. The van der Waals surface area contributed by atoms with Crippen molar-refractivity contribution in [2.75, 3.05) is 6.61 Å². The molecule has 2 atom stereocenters. The van der Waals surface area contributed by atoms with Gasteiger partial charge < -0.3 is 4.74 Å². The van der Waals surface area contributed by atoms with Gasteiger partial charge in [0.25, 0.3) is 0 Å². The number of hydrogen-bond donors (Lipinski definition) is 0. The van der Waals surface area contributed by atoms with Gasteiger partial charge in [-0.15, -0.1) is 11.6 Å². The summed E-state index contributed by atoms with van der Waals surface area (Å²) in [6.45, 7) is 0.685. The first-order valence-electron chi connectivity index (χ1n) is 7.80. The third kappa shape index (κ3) is 2.34. The number of halogens is 1. The van der Waals surface area contributed by atoms with E-state index in [1.54, 1.807) is 0 Å². The molecule has 1 aliphatic carbocycles. The zero-order chi connectivity index (χ0) is 14.2. The van der Waals surface area contributed by atoms with E-state index < -0.39 is 0 Å². The molecule has 4 rings (SSSR count). The number of hydrogen-bond acceptors (Lipinski definition) is 1. The molecule has 1 aliphatic heterocycles. The Morgan fingerprint density at radius 3 is 2.71 bits per heavy atom. The molecule has 1 nitrogen and oxygen atoms in total. The fourth-order valence-electron chi connectivity index (χ4n) is 3.59. The second-order valence-corrected chi connectivity index (χ2v) is 6.56. The first-order chi connectivity index (χ1) is 10.3. The first-order valence-corrected chi connectivity index (χ1v) is 8.24. The smallest absolute Gasteiger partial charge is 0.122 e. The van der Waals surface area contributed by atoms with Gasteiger partial charge in [0.05, 0.1) is 12.0 Å². The molecule has 2 aromatic rings. The van der Waals surface area contributed by atoms with Crippen LogP contribution in [0.25, 0.3) is 0 Å². The molecule has 0 fully saturated rings. The van der Waals surface area contributed by atoms with Crippen molar-refractivity contribution < 1.29 is 4.74 Å². The molecule has 0 aromatic heterocycles. The van der Waals surface area contributed by atoms with Gasteiger partial charge in [0.1, 0.15) is 5.75 Å². The molecule has 108 valence electrons. The van der Waals surface area contributed by atoms with Crippen LogP contribution in [0.2, 0.25) is 0 Å². The minimum atomic E-state index is -0.0131. The van der Waals surface area contributed by atoms with Gasteiger partial charge in [-0.1, -0.05) is 36.4 Å². The minimum absolute atomic E-state index is 0.0131. The standard InChI is InChI=1S/C19H19ClO/c20-19(17-12-21-18-8-4-3-7-16(17)18)15-10-9-13-5-1-2-6-14(13)11-15/h3-4,7-11,17,19H,1-2,5-6,12H2.